The highest BCUT2D eigenvalue weighted by atomic mass is 16.5. The summed E-state index contributed by atoms with van der Waals surface area (Å²) in [6.45, 7) is 1.70. The summed E-state index contributed by atoms with van der Waals surface area (Å²) in [6, 6.07) is 7.99. The van der Waals surface area contributed by atoms with Crippen LogP contribution in [0.4, 0.5) is 0 Å². The highest BCUT2D eigenvalue weighted by Gasteiger charge is 2.19. The maximum absolute atomic E-state index is 13.2. The number of benzene rings is 2. The highest BCUT2D eigenvalue weighted by molar-refractivity contribution is 5.90. The van der Waals surface area contributed by atoms with E-state index in [4.69, 9.17) is 18.9 Å². The van der Waals surface area contributed by atoms with Crippen LogP contribution in [-0.4, -0.2) is 44.0 Å². The number of carbonyl (C=O) groups is 1. The Morgan fingerprint density at radius 2 is 1.68 bits per heavy atom. The number of esters is 1. The summed E-state index contributed by atoms with van der Waals surface area (Å²) in [5.41, 5.74) is 0.883. The third-order valence-corrected chi connectivity index (χ3v) is 4.39. The highest BCUT2D eigenvalue weighted by Crippen LogP contribution is 2.33. The number of aryl methyl sites for hydroxylation is 1. The van der Waals surface area contributed by atoms with Crippen LogP contribution in [0, 0.1) is 6.92 Å². The molecule has 0 N–H and O–H groups in total. The lowest BCUT2D eigenvalue weighted by atomic mass is 10.1. The largest absolute Gasteiger partial charge is 0.495 e. The Morgan fingerprint density at radius 3 is 2.29 bits per heavy atom. The molecule has 0 saturated heterocycles. The Morgan fingerprint density at radius 1 is 0.964 bits per heavy atom. The number of methoxy groups -OCH3 is 4. The fourth-order valence-electron chi connectivity index (χ4n) is 3.06. The van der Waals surface area contributed by atoms with Crippen LogP contribution >= 0.6 is 0 Å². The molecule has 0 bridgehead atoms. The minimum absolute atomic E-state index is 0.299. The third kappa shape index (κ3) is 3.02. The first-order valence-corrected chi connectivity index (χ1v) is 8.37. The molecule has 0 saturated carbocycles. The number of nitrogens with zero attached hydrogens (tertiary/aromatic N) is 2. The van der Waals surface area contributed by atoms with E-state index in [0.29, 0.717) is 45.2 Å². The fraction of sp³-hybridized carbons (Fsp3) is 0.250. The summed E-state index contributed by atoms with van der Waals surface area (Å²) in [5.74, 6) is 1.14. The van der Waals surface area contributed by atoms with Gasteiger partial charge in [0.2, 0.25) is 0 Å². The van der Waals surface area contributed by atoms with E-state index in [2.05, 4.69) is 4.98 Å². The van der Waals surface area contributed by atoms with Gasteiger partial charge in [0, 0.05) is 0 Å². The van der Waals surface area contributed by atoms with Gasteiger partial charge in [-0.3, -0.25) is 9.36 Å². The van der Waals surface area contributed by atoms with Crippen molar-refractivity contribution in [3.63, 3.8) is 0 Å². The van der Waals surface area contributed by atoms with Crippen molar-refractivity contribution in [1.29, 1.82) is 0 Å². The van der Waals surface area contributed by atoms with Crippen LogP contribution in [0.25, 0.3) is 16.6 Å². The van der Waals surface area contributed by atoms with Gasteiger partial charge in [-0.1, -0.05) is 0 Å². The molecule has 8 heteroatoms. The predicted octanol–water partition coefficient (Wildman–Crippen LogP) is 2.51. The number of rotatable bonds is 5. The number of hydrogen-bond acceptors (Lipinski definition) is 7. The van der Waals surface area contributed by atoms with E-state index >= 15 is 0 Å². The van der Waals surface area contributed by atoms with Crippen molar-refractivity contribution in [2.75, 3.05) is 28.4 Å². The lowest BCUT2D eigenvalue weighted by molar-refractivity contribution is 0.0600. The van der Waals surface area contributed by atoms with Gasteiger partial charge in [-0.2, -0.15) is 0 Å². The molecule has 146 valence electrons. The average Bonchev–Trinajstić information content (AvgIpc) is 2.72. The fourth-order valence-corrected chi connectivity index (χ4v) is 3.06. The van der Waals surface area contributed by atoms with E-state index in [1.165, 1.54) is 39.1 Å². The summed E-state index contributed by atoms with van der Waals surface area (Å²) in [6.07, 6.45) is 0. The molecular weight excluding hydrogens is 364 g/mol. The van der Waals surface area contributed by atoms with E-state index in [-0.39, 0.29) is 5.56 Å². The Labute approximate surface area is 161 Å². The predicted molar refractivity (Wildman–Crippen MR) is 103 cm³/mol. The normalized spacial score (nSPS) is 10.6. The number of carbonyl (C=O) groups excluding carboxylic acids is 1. The van der Waals surface area contributed by atoms with Crippen molar-refractivity contribution in [2.24, 2.45) is 0 Å². The lowest BCUT2D eigenvalue weighted by Gasteiger charge is -2.16. The maximum Gasteiger partial charge on any atom is 0.337 e. The van der Waals surface area contributed by atoms with Gasteiger partial charge in [0.25, 0.3) is 5.56 Å². The van der Waals surface area contributed by atoms with Gasteiger partial charge in [0.15, 0.2) is 11.5 Å². The van der Waals surface area contributed by atoms with Gasteiger partial charge in [0.05, 0.1) is 45.1 Å². The molecule has 0 spiro atoms. The minimum atomic E-state index is -0.498. The topological polar surface area (TPSA) is 88.9 Å². The molecule has 1 heterocycles. The summed E-state index contributed by atoms with van der Waals surface area (Å²) in [7, 11) is 5.77. The second-order valence-electron chi connectivity index (χ2n) is 5.88. The summed E-state index contributed by atoms with van der Waals surface area (Å²) in [4.78, 5) is 29.6. The number of hydrogen-bond donors (Lipinski definition) is 0. The summed E-state index contributed by atoms with van der Waals surface area (Å²) >= 11 is 0. The Bertz CT molecular complexity index is 1120. The average molecular weight is 384 g/mol. The molecule has 0 atom stereocenters. The molecule has 1 aromatic heterocycles. The van der Waals surface area contributed by atoms with Crippen LogP contribution < -0.4 is 19.8 Å². The van der Waals surface area contributed by atoms with E-state index < -0.39 is 5.97 Å². The molecule has 0 fully saturated rings. The van der Waals surface area contributed by atoms with Crippen molar-refractivity contribution in [1.82, 2.24) is 9.55 Å². The molecule has 0 aliphatic rings. The molecular formula is C20H20N2O6. The SMILES string of the molecule is COC(=O)c1ccc(-n2c(C)nc3c(OC)c(OC)ccc3c2=O)c(OC)c1. The Hall–Kier alpha value is -3.55. The monoisotopic (exact) mass is 384 g/mol. The minimum Gasteiger partial charge on any atom is -0.495 e. The number of ether oxygens (including phenoxy) is 4. The quantitative estimate of drug-likeness (QED) is 0.625. The Balaban J connectivity index is 2.30. The van der Waals surface area contributed by atoms with Gasteiger partial charge < -0.3 is 18.9 Å². The molecule has 0 aliphatic heterocycles. The summed E-state index contributed by atoms with van der Waals surface area (Å²) < 4.78 is 22.2. The van der Waals surface area contributed by atoms with E-state index in [9.17, 15) is 9.59 Å². The zero-order valence-electron chi connectivity index (χ0n) is 16.2. The zero-order chi connectivity index (χ0) is 20.4. The van der Waals surface area contributed by atoms with Crippen LogP contribution in [0.1, 0.15) is 16.2 Å². The first-order valence-electron chi connectivity index (χ1n) is 8.37. The first kappa shape index (κ1) is 19.2. The number of aromatic nitrogens is 2. The second kappa shape index (κ2) is 7.59. The van der Waals surface area contributed by atoms with Crippen LogP contribution in [-0.2, 0) is 4.74 Å². The molecule has 0 amide bonds. The maximum atomic E-state index is 13.2. The lowest BCUT2D eigenvalue weighted by Crippen LogP contribution is -2.23. The van der Waals surface area contributed by atoms with Crippen LogP contribution in [0.3, 0.4) is 0 Å². The molecule has 3 rings (SSSR count). The van der Waals surface area contributed by atoms with Crippen molar-refractivity contribution in [2.45, 2.75) is 6.92 Å². The molecule has 0 radical (unpaired) electrons. The van der Waals surface area contributed by atoms with Crippen molar-refractivity contribution in [3.05, 3.63) is 52.1 Å². The molecule has 0 unspecified atom stereocenters. The first-order chi connectivity index (χ1) is 13.5. The zero-order valence-corrected chi connectivity index (χ0v) is 16.2. The molecule has 8 nitrogen and oxygen atoms in total. The number of fused-ring (bicyclic) bond motifs is 1. The van der Waals surface area contributed by atoms with E-state index in [1.54, 1.807) is 31.2 Å². The van der Waals surface area contributed by atoms with E-state index in [1.807, 2.05) is 0 Å². The Kier molecular flexibility index (Phi) is 5.21. The van der Waals surface area contributed by atoms with Gasteiger partial charge in [0.1, 0.15) is 17.1 Å². The molecule has 0 aliphatic carbocycles. The van der Waals surface area contributed by atoms with Gasteiger partial charge in [-0.05, 0) is 37.3 Å². The van der Waals surface area contributed by atoms with Crippen LogP contribution in [0.5, 0.6) is 17.2 Å². The smallest absolute Gasteiger partial charge is 0.337 e. The third-order valence-electron chi connectivity index (χ3n) is 4.39. The van der Waals surface area contributed by atoms with Crippen LogP contribution in [0.2, 0.25) is 0 Å². The van der Waals surface area contributed by atoms with Crippen molar-refractivity contribution in [3.8, 4) is 22.9 Å². The summed E-state index contributed by atoms with van der Waals surface area (Å²) in [5, 5.41) is 0.363. The van der Waals surface area contributed by atoms with Crippen LogP contribution in [0.15, 0.2) is 35.1 Å². The van der Waals surface area contributed by atoms with Crippen molar-refractivity contribution < 1.29 is 23.7 Å². The molecule has 3 aromatic rings. The standard InChI is InChI=1S/C20H20N2O6/c1-11-21-17-13(7-9-15(25-2)18(17)27-4)19(23)22(11)14-8-6-12(20(24)28-5)10-16(14)26-3/h6-10H,1-5H3. The van der Waals surface area contributed by atoms with Crippen molar-refractivity contribution >= 4 is 16.9 Å². The van der Waals surface area contributed by atoms with Gasteiger partial charge >= 0.3 is 5.97 Å². The van der Waals surface area contributed by atoms with Gasteiger partial charge in [-0.25, -0.2) is 9.78 Å². The molecule has 2 aromatic carbocycles. The van der Waals surface area contributed by atoms with Gasteiger partial charge in [-0.15, -0.1) is 0 Å². The molecule has 28 heavy (non-hydrogen) atoms. The van der Waals surface area contributed by atoms with E-state index in [0.717, 1.165) is 0 Å². The second-order valence-corrected chi connectivity index (χ2v) is 5.88.